The number of aryl methyl sites for hydroxylation is 2. The van der Waals surface area contributed by atoms with Gasteiger partial charge in [0.25, 0.3) is 11.8 Å². The number of hydrogen-bond donors (Lipinski definition) is 2. The number of aromatic nitrogens is 5. The van der Waals surface area contributed by atoms with Crippen LogP contribution in [0.3, 0.4) is 0 Å². The fourth-order valence-electron chi connectivity index (χ4n) is 3.82. The number of nitrogens with zero attached hydrogens (tertiary/aromatic N) is 5. The topological polar surface area (TPSA) is 107 Å². The Hall–Kier alpha value is -2.71. The van der Waals surface area contributed by atoms with E-state index >= 15 is 0 Å². The maximum atomic E-state index is 12.6. The van der Waals surface area contributed by atoms with Crippen molar-refractivity contribution in [2.75, 3.05) is 6.54 Å². The maximum Gasteiger partial charge on any atom is 0.274 e. The molecule has 0 fully saturated rings. The Morgan fingerprint density at radius 1 is 1.36 bits per heavy atom. The van der Waals surface area contributed by atoms with Crippen molar-refractivity contribution in [3.05, 3.63) is 28.3 Å². The Morgan fingerprint density at radius 2 is 2.11 bits per heavy atom. The summed E-state index contributed by atoms with van der Waals surface area (Å²) < 4.78 is 3.50. The van der Waals surface area contributed by atoms with Crippen LogP contribution in [0.15, 0.2) is 0 Å². The summed E-state index contributed by atoms with van der Waals surface area (Å²) in [6, 6.07) is 0.0127. The highest BCUT2D eigenvalue weighted by molar-refractivity contribution is 6.05. The first kappa shape index (κ1) is 20.0. The molecule has 1 aliphatic heterocycles. The minimum absolute atomic E-state index is 0.0127. The molecule has 0 saturated heterocycles. The lowest BCUT2D eigenvalue weighted by molar-refractivity contribution is 0.0870. The smallest absolute Gasteiger partial charge is 0.274 e. The van der Waals surface area contributed by atoms with Gasteiger partial charge in [0, 0.05) is 24.8 Å². The number of rotatable bonds is 7. The summed E-state index contributed by atoms with van der Waals surface area (Å²) >= 11 is 0. The van der Waals surface area contributed by atoms with Crippen molar-refractivity contribution in [3.63, 3.8) is 0 Å². The number of fused-ring (bicyclic) bond motifs is 1. The Morgan fingerprint density at radius 3 is 2.75 bits per heavy atom. The highest BCUT2D eigenvalue weighted by Crippen LogP contribution is 2.16. The van der Waals surface area contributed by atoms with Crippen LogP contribution < -0.4 is 10.6 Å². The monoisotopic (exact) mass is 387 g/mol. The van der Waals surface area contributed by atoms with Gasteiger partial charge in [-0.3, -0.25) is 14.3 Å². The van der Waals surface area contributed by atoms with Gasteiger partial charge in [-0.05, 0) is 45.1 Å². The van der Waals surface area contributed by atoms with E-state index in [0.29, 0.717) is 25.4 Å². The second-order valence-electron chi connectivity index (χ2n) is 7.74. The third kappa shape index (κ3) is 3.93. The zero-order valence-electron chi connectivity index (χ0n) is 17.2. The van der Waals surface area contributed by atoms with Gasteiger partial charge in [-0.1, -0.05) is 19.1 Å². The van der Waals surface area contributed by atoms with Crippen LogP contribution in [0.1, 0.15) is 65.1 Å². The molecular formula is C19H29N7O2. The predicted octanol–water partition coefficient (Wildman–Crippen LogP) is 1.24. The second-order valence-corrected chi connectivity index (χ2v) is 7.74. The van der Waals surface area contributed by atoms with Gasteiger partial charge in [-0.2, -0.15) is 5.10 Å². The van der Waals surface area contributed by atoms with Crippen LogP contribution >= 0.6 is 0 Å². The molecule has 3 heterocycles. The van der Waals surface area contributed by atoms with Crippen LogP contribution in [0.25, 0.3) is 0 Å². The van der Waals surface area contributed by atoms with Gasteiger partial charge >= 0.3 is 0 Å². The number of amides is 2. The van der Waals surface area contributed by atoms with Gasteiger partial charge in [0.1, 0.15) is 0 Å². The molecule has 2 aromatic heterocycles. The zero-order chi connectivity index (χ0) is 20.4. The van der Waals surface area contributed by atoms with Crippen LogP contribution in [0.4, 0.5) is 0 Å². The Balaban J connectivity index is 1.65. The molecular weight excluding hydrogens is 358 g/mol. The molecule has 9 heteroatoms. The summed E-state index contributed by atoms with van der Waals surface area (Å²) in [5.41, 5.74) is 3.55. The molecule has 0 saturated carbocycles. The quantitative estimate of drug-likeness (QED) is 0.743. The molecule has 2 N–H and O–H groups in total. The summed E-state index contributed by atoms with van der Waals surface area (Å²) in [6.07, 6.45) is 1.53. The van der Waals surface area contributed by atoms with Crippen molar-refractivity contribution >= 4 is 11.8 Å². The largest absolute Gasteiger partial charge is 0.350 e. The lowest BCUT2D eigenvalue weighted by atomic mass is 10.0. The van der Waals surface area contributed by atoms with Crippen LogP contribution in [-0.2, 0) is 19.5 Å². The normalized spacial score (nSPS) is 16.2. The fraction of sp³-hybridized carbons (Fsp3) is 0.632. The van der Waals surface area contributed by atoms with Gasteiger partial charge in [0.05, 0.1) is 12.2 Å². The number of carbonyl (C=O) groups excluding carboxylic acids is 2. The third-order valence-electron chi connectivity index (χ3n) is 5.14. The first-order valence-electron chi connectivity index (χ1n) is 9.87. The van der Waals surface area contributed by atoms with E-state index in [1.165, 1.54) is 0 Å². The van der Waals surface area contributed by atoms with Crippen molar-refractivity contribution in [3.8, 4) is 0 Å². The van der Waals surface area contributed by atoms with E-state index in [1.54, 1.807) is 4.68 Å². The average molecular weight is 387 g/mol. The Bertz CT molecular complexity index is 881. The Kier molecular flexibility index (Phi) is 5.81. The molecule has 0 bridgehead atoms. The Labute approximate surface area is 164 Å². The van der Waals surface area contributed by atoms with Gasteiger partial charge in [0.2, 0.25) is 0 Å². The van der Waals surface area contributed by atoms with Crippen LogP contribution in [0, 0.1) is 19.8 Å². The van der Waals surface area contributed by atoms with Crippen LogP contribution in [0.2, 0.25) is 0 Å². The minimum Gasteiger partial charge on any atom is -0.350 e. The van der Waals surface area contributed by atoms with Crippen molar-refractivity contribution in [1.82, 2.24) is 35.4 Å². The molecule has 1 aliphatic rings. The summed E-state index contributed by atoms with van der Waals surface area (Å²) in [6.45, 7) is 12.1. The fourth-order valence-corrected chi connectivity index (χ4v) is 3.82. The first-order valence-corrected chi connectivity index (χ1v) is 9.87. The molecule has 152 valence electrons. The predicted molar refractivity (Wildman–Crippen MR) is 104 cm³/mol. The van der Waals surface area contributed by atoms with Crippen molar-refractivity contribution in [2.45, 2.75) is 66.6 Å². The van der Waals surface area contributed by atoms with Gasteiger partial charge < -0.3 is 10.6 Å². The van der Waals surface area contributed by atoms with E-state index in [2.05, 4.69) is 46.8 Å². The standard InChI is InChI=1S/C19H29N7O2/c1-6-25-13(5)15(12(4)23-25)7-8-20-18(27)16-17-19(28)21-14(9-11(2)3)10-26(17)24-22-16/h11,14H,6-10H2,1-5H3,(H,20,27)(H,21,28). The molecule has 2 amide bonds. The highest BCUT2D eigenvalue weighted by atomic mass is 16.2. The molecule has 1 unspecified atom stereocenters. The van der Waals surface area contributed by atoms with E-state index in [9.17, 15) is 9.59 Å². The van der Waals surface area contributed by atoms with Crippen LogP contribution in [-0.4, -0.2) is 49.2 Å². The van der Waals surface area contributed by atoms with Gasteiger partial charge in [-0.25, -0.2) is 4.68 Å². The summed E-state index contributed by atoms with van der Waals surface area (Å²) in [4.78, 5) is 25.1. The minimum atomic E-state index is -0.378. The van der Waals surface area contributed by atoms with Crippen LogP contribution in [0.5, 0.6) is 0 Å². The lowest BCUT2D eigenvalue weighted by Crippen LogP contribution is -2.46. The second kappa shape index (κ2) is 8.12. The molecule has 9 nitrogen and oxygen atoms in total. The molecule has 28 heavy (non-hydrogen) atoms. The molecule has 0 spiro atoms. The molecule has 0 aromatic carbocycles. The van der Waals surface area contributed by atoms with E-state index in [0.717, 1.165) is 29.9 Å². The summed E-state index contributed by atoms with van der Waals surface area (Å²) in [7, 11) is 0. The molecule has 1 atom stereocenters. The van der Waals surface area contributed by atoms with E-state index in [4.69, 9.17) is 0 Å². The highest BCUT2D eigenvalue weighted by Gasteiger charge is 2.32. The van der Waals surface area contributed by atoms with Crippen molar-refractivity contribution < 1.29 is 9.59 Å². The summed E-state index contributed by atoms with van der Waals surface area (Å²) in [5.74, 6) is -0.207. The third-order valence-corrected chi connectivity index (χ3v) is 5.14. The van der Waals surface area contributed by atoms with E-state index in [1.807, 2.05) is 18.5 Å². The number of nitrogens with one attached hydrogen (secondary N) is 2. The van der Waals surface area contributed by atoms with E-state index in [-0.39, 0.29) is 29.2 Å². The van der Waals surface area contributed by atoms with Crippen molar-refractivity contribution in [2.24, 2.45) is 5.92 Å². The number of hydrogen-bond acceptors (Lipinski definition) is 5. The van der Waals surface area contributed by atoms with Gasteiger partial charge in [0.15, 0.2) is 11.4 Å². The molecule has 0 aliphatic carbocycles. The van der Waals surface area contributed by atoms with Gasteiger partial charge in [-0.15, -0.1) is 5.10 Å². The zero-order valence-corrected chi connectivity index (χ0v) is 17.2. The van der Waals surface area contributed by atoms with E-state index < -0.39 is 0 Å². The number of carbonyl (C=O) groups is 2. The first-order chi connectivity index (χ1) is 13.3. The van der Waals surface area contributed by atoms with Crippen molar-refractivity contribution in [1.29, 1.82) is 0 Å². The maximum absolute atomic E-state index is 12.6. The lowest BCUT2D eigenvalue weighted by Gasteiger charge is -2.25. The molecule has 0 radical (unpaired) electrons. The summed E-state index contributed by atoms with van der Waals surface area (Å²) in [5, 5.41) is 18.3. The SMILES string of the molecule is CCn1nc(C)c(CCNC(=O)c2nnn3c2C(=O)NC(CC(C)C)C3)c1C. The molecule has 3 rings (SSSR count). The molecule has 2 aromatic rings. The average Bonchev–Trinajstić information content (AvgIpc) is 3.17.